The van der Waals surface area contributed by atoms with Gasteiger partial charge in [0, 0.05) is 70.6 Å². The summed E-state index contributed by atoms with van der Waals surface area (Å²) in [4.78, 5) is 16.4. The van der Waals surface area contributed by atoms with Crippen LogP contribution in [0.4, 0.5) is 5.69 Å². The number of likely N-dealkylation sites (tertiary alicyclic amines) is 1. The van der Waals surface area contributed by atoms with Crippen LogP contribution >= 0.6 is 0 Å². The maximum atomic E-state index is 12.2. The molecule has 6 heteroatoms. The summed E-state index contributed by atoms with van der Waals surface area (Å²) in [5.74, 6) is 0.489. The van der Waals surface area contributed by atoms with E-state index in [4.69, 9.17) is 0 Å². The smallest absolute Gasteiger partial charge is 0.223 e. The zero-order valence-electron chi connectivity index (χ0n) is 15.8. The fraction of sp³-hybridized carbons (Fsp3) is 0.500. The Morgan fingerprint density at radius 3 is 2.88 bits per heavy atom. The molecule has 2 aromatic rings. The van der Waals surface area contributed by atoms with Crippen LogP contribution in [0.15, 0.2) is 30.6 Å². The predicted molar refractivity (Wildman–Crippen MR) is 102 cm³/mol. The van der Waals surface area contributed by atoms with Crippen molar-refractivity contribution in [1.82, 2.24) is 20.0 Å². The number of nitrogens with zero attached hydrogens (tertiary/aromatic N) is 4. The summed E-state index contributed by atoms with van der Waals surface area (Å²) in [5, 5.41) is 7.85. The minimum atomic E-state index is 0.109. The van der Waals surface area contributed by atoms with Crippen LogP contribution in [-0.2, 0) is 24.8 Å². The van der Waals surface area contributed by atoms with E-state index >= 15 is 0 Å². The van der Waals surface area contributed by atoms with Crippen LogP contribution in [-0.4, -0.2) is 47.8 Å². The van der Waals surface area contributed by atoms with E-state index < -0.39 is 0 Å². The van der Waals surface area contributed by atoms with E-state index in [1.165, 1.54) is 16.8 Å². The first kappa shape index (κ1) is 17.1. The van der Waals surface area contributed by atoms with E-state index in [9.17, 15) is 4.79 Å². The van der Waals surface area contributed by atoms with Crippen LogP contribution in [0.3, 0.4) is 0 Å². The number of nitrogens with one attached hydrogen (secondary N) is 1. The van der Waals surface area contributed by atoms with Gasteiger partial charge in [-0.15, -0.1) is 0 Å². The highest BCUT2D eigenvalue weighted by atomic mass is 16.2. The number of aromatic nitrogens is 2. The van der Waals surface area contributed by atoms with Crippen LogP contribution in [0.5, 0.6) is 0 Å². The second kappa shape index (κ2) is 6.76. The summed E-state index contributed by atoms with van der Waals surface area (Å²) in [6, 6.07) is 6.86. The minimum absolute atomic E-state index is 0.109. The van der Waals surface area contributed by atoms with Crippen molar-refractivity contribution >= 4 is 11.6 Å². The van der Waals surface area contributed by atoms with Crippen LogP contribution in [0, 0.1) is 5.92 Å². The number of carbonyl (C=O) groups excluding carboxylic acids is 1. The Kier molecular flexibility index (Phi) is 4.44. The number of benzene rings is 1. The average Bonchev–Trinajstić information content (AvgIpc) is 3.27. The fourth-order valence-corrected chi connectivity index (χ4v) is 4.36. The number of carbonyl (C=O) groups is 1. The van der Waals surface area contributed by atoms with Gasteiger partial charge in [-0.2, -0.15) is 5.10 Å². The number of hydrogen-bond acceptors (Lipinski definition) is 4. The van der Waals surface area contributed by atoms with Crippen LogP contribution in [0.1, 0.15) is 29.2 Å². The Hall–Kier alpha value is -2.34. The molecular weight excluding hydrogens is 326 g/mol. The Balaban J connectivity index is 1.40. The highest BCUT2D eigenvalue weighted by Crippen LogP contribution is 2.36. The highest BCUT2D eigenvalue weighted by Gasteiger charge is 2.38. The highest BCUT2D eigenvalue weighted by molar-refractivity contribution is 5.79. The van der Waals surface area contributed by atoms with E-state index in [0.29, 0.717) is 6.42 Å². The molecule has 2 atom stereocenters. The molecule has 0 radical (unpaired) electrons. The van der Waals surface area contributed by atoms with Gasteiger partial charge in [0.05, 0.1) is 12.2 Å². The Bertz CT molecular complexity index is 814. The maximum absolute atomic E-state index is 12.2. The van der Waals surface area contributed by atoms with Crippen molar-refractivity contribution in [2.75, 3.05) is 32.1 Å². The van der Waals surface area contributed by atoms with Crippen molar-refractivity contribution in [3.05, 3.63) is 47.3 Å². The lowest BCUT2D eigenvalue weighted by molar-refractivity contribution is -0.127. The molecule has 2 aliphatic heterocycles. The van der Waals surface area contributed by atoms with E-state index in [1.54, 1.807) is 4.68 Å². The van der Waals surface area contributed by atoms with Gasteiger partial charge < -0.3 is 15.1 Å². The van der Waals surface area contributed by atoms with Crippen molar-refractivity contribution in [3.63, 3.8) is 0 Å². The molecule has 1 aromatic carbocycles. The van der Waals surface area contributed by atoms with E-state index in [-0.39, 0.29) is 17.9 Å². The largest absolute Gasteiger partial charge is 0.374 e. The normalized spacial score (nSPS) is 22.3. The van der Waals surface area contributed by atoms with Crippen LogP contribution < -0.4 is 10.2 Å². The standard InChI is InChI=1S/C20H27N5O/c1-23-7-6-15-8-14(4-5-18(15)23)10-21-11-16-9-19(26)25(3)20(16)17-12-22-24(2)13-17/h4-5,8,12-13,16,20-21H,6-7,9-11H2,1-3H3/t16-,20+/m0/s1. The van der Waals surface area contributed by atoms with Crippen molar-refractivity contribution < 1.29 is 4.79 Å². The summed E-state index contributed by atoms with van der Waals surface area (Å²) in [6.07, 6.45) is 5.62. The van der Waals surface area contributed by atoms with Gasteiger partial charge in [-0.25, -0.2) is 0 Å². The summed E-state index contributed by atoms with van der Waals surface area (Å²) < 4.78 is 1.80. The zero-order chi connectivity index (χ0) is 18.3. The lowest BCUT2D eigenvalue weighted by Gasteiger charge is -2.24. The molecule has 1 fully saturated rings. The van der Waals surface area contributed by atoms with Gasteiger partial charge in [-0.3, -0.25) is 9.48 Å². The number of anilines is 1. The van der Waals surface area contributed by atoms with E-state index in [0.717, 1.165) is 31.6 Å². The van der Waals surface area contributed by atoms with E-state index in [1.807, 2.05) is 31.4 Å². The molecule has 0 unspecified atom stereocenters. The third-order valence-corrected chi connectivity index (χ3v) is 5.77. The Morgan fingerprint density at radius 2 is 2.12 bits per heavy atom. The summed E-state index contributed by atoms with van der Waals surface area (Å²) in [6.45, 7) is 2.77. The van der Waals surface area contributed by atoms with E-state index in [2.05, 4.69) is 40.6 Å². The van der Waals surface area contributed by atoms with Crippen LogP contribution in [0.25, 0.3) is 0 Å². The monoisotopic (exact) mass is 353 g/mol. The van der Waals surface area contributed by atoms with Gasteiger partial charge in [0.2, 0.25) is 5.91 Å². The molecule has 1 amide bonds. The molecule has 0 spiro atoms. The number of hydrogen-bond donors (Lipinski definition) is 1. The maximum Gasteiger partial charge on any atom is 0.223 e. The Morgan fingerprint density at radius 1 is 1.27 bits per heavy atom. The van der Waals surface area contributed by atoms with Gasteiger partial charge in [-0.1, -0.05) is 12.1 Å². The third kappa shape index (κ3) is 3.09. The molecule has 6 nitrogen and oxygen atoms in total. The minimum Gasteiger partial charge on any atom is -0.374 e. The first-order chi connectivity index (χ1) is 12.5. The number of rotatable bonds is 5. The molecule has 2 aliphatic rings. The molecule has 1 aromatic heterocycles. The number of amides is 1. The fourth-order valence-electron chi connectivity index (χ4n) is 4.36. The first-order valence-electron chi connectivity index (χ1n) is 9.31. The number of fused-ring (bicyclic) bond motifs is 1. The molecule has 4 rings (SSSR count). The van der Waals surface area contributed by atoms with Crippen LogP contribution in [0.2, 0.25) is 0 Å². The molecule has 138 valence electrons. The third-order valence-electron chi connectivity index (χ3n) is 5.77. The van der Waals surface area contributed by atoms with Gasteiger partial charge in [0.1, 0.15) is 0 Å². The second-order valence-electron chi connectivity index (χ2n) is 7.63. The molecule has 1 saturated heterocycles. The Labute approximate surface area is 154 Å². The van der Waals surface area contributed by atoms with Gasteiger partial charge in [-0.05, 0) is 23.6 Å². The summed E-state index contributed by atoms with van der Waals surface area (Å²) in [7, 11) is 5.96. The SMILES string of the molecule is CN1CCc2cc(CNC[C@@H]3CC(=O)N(C)[C@H]3c3cnn(C)c3)ccc21. The van der Waals surface area contributed by atoms with Crippen molar-refractivity contribution in [3.8, 4) is 0 Å². The molecule has 0 aliphatic carbocycles. The van der Waals surface area contributed by atoms with Gasteiger partial charge in [0.25, 0.3) is 0 Å². The topological polar surface area (TPSA) is 53.4 Å². The van der Waals surface area contributed by atoms with Gasteiger partial charge >= 0.3 is 0 Å². The number of aryl methyl sites for hydroxylation is 1. The quantitative estimate of drug-likeness (QED) is 0.889. The number of likely N-dealkylation sites (N-methyl/N-ethyl adjacent to an activating group) is 1. The lowest BCUT2D eigenvalue weighted by Crippen LogP contribution is -2.28. The van der Waals surface area contributed by atoms with Crippen molar-refractivity contribution in [1.29, 1.82) is 0 Å². The molecular formula is C20H27N5O. The molecule has 1 N–H and O–H groups in total. The average molecular weight is 353 g/mol. The van der Waals surface area contributed by atoms with Crippen molar-refractivity contribution in [2.45, 2.75) is 25.4 Å². The molecule has 3 heterocycles. The first-order valence-corrected chi connectivity index (χ1v) is 9.31. The molecule has 26 heavy (non-hydrogen) atoms. The molecule has 0 bridgehead atoms. The molecule has 0 saturated carbocycles. The summed E-state index contributed by atoms with van der Waals surface area (Å²) >= 11 is 0. The zero-order valence-corrected chi connectivity index (χ0v) is 15.8. The van der Waals surface area contributed by atoms with Gasteiger partial charge in [0.15, 0.2) is 0 Å². The predicted octanol–water partition coefficient (Wildman–Crippen LogP) is 1.72. The lowest BCUT2D eigenvalue weighted by atomic mass is 9.95. The van der Waals surface area contributed by atoms with Crippen molar-refractivity contribution in [2.24, 2.45) is 13.0 Å². The summed E-state index contributed by atoms with van der Waals surface area (Å²) in [5.41, 5.74) is 5.23. The second-order valence-corrected chi connectivity index (χ2v) is 7.63.